The van der Waals surface area contributed by atoms with E-state index in [-0.39, 0.29) is 0 Å². The number of hydrogen-bond acceptors (Lipinski definition) is 3. The third kappa shape index (κ3) is 1.02. The molecule has 0 spiro atoms. The predicted octanol–water partition coefficient (Wildman–Crippen LogP) is 3.08. The molecule has 0 amide bonds. The fourth-order valence-electron chi connectivity index (χ4n) is 2.15. The average Bonchev–Trinajstić information content (AvgIpc) is 2.78. The average molecular weight is 205 g/mol. The van der Waals surface area contributed by atoms with Crippen molar-refractivity contribution in [2.45, 2.75) is 19.3 Å². The molecule has 0 bridgehead atoms. The van der Waals surface area contributed by atoms with E-state index in [1.54, 1.807) is 23.9 Å². The lowest BCUT2D eigenvalue weighted by molar-refractivity contribution is 0.568. The summed E-state index contributed by atoms with van der Waals surface area (Å²) in [5.74, 6) is 0. The normalized spacial score (nSPS) is 14.6. The lowest BCUT2D eigenvalue weighted by atomic mass is 10.1. The van der Waals surface area contributed by atoms with Crippen LogP contribution >= 0.6 is 11.3 Å². The minimum atomic E-state index is 0.941. The number of nitrogens with two attached hydrogens (primary N) is 1. The van der Waals surface area contributed by atoms with Crippen LogP contribution in [-0.4, -0.2) is 0 Å². The van der Waals surface area contributed by atoms with E-state index in [0.29, 0.717) is 0 Å². The molecule has 0 radical (unpaired) electrons. The smallest absolute Gasteiger partial charge is 0.0982 e. The molecule has 0 unspecified atom stereocenters. The highest BCUT2D eigenvalue weighted by molar-refractivity contribution is 7.16. The number of aryl methyl sites for hydroxylation is 1. The summed E-state index contributed by atoms with van der Waals surface area (Å²) in [4.78, 5) is 1.47. The van der Waals surface area contributed by atoms with E-state index in [4.69, 9.17) is 10.2 Å². The summed E-state index contributed by atoms with van der Waals surface area (Å²) in [6.07, 6.45) is 7.11. The second kappa shape index (κ2) is 2.89. The van der Waals surface area contributed by atoms with E-state index in [2.05, 4.69) is 0 Å². The van der Waals surface area contributed by atoms with Crippen molar-refractivity contribution in [3.63, 3.8) is 0 Å². The van der Waals surface area contributed by atoms with E-state index in [9.17, 15) is 0 Å². The molecule has 2 aromatic heterocycles. The molecule has 2 heterocycles. The van der Waals surface area contributed by atoms with Gasteiger partial charge in [-0.3, -0.25) is 0 Å². The number of fused-ring (bicyclic) bond motifs is 1. The zero-order valence-electron chi connectivity index (χ0n) is 7.75. The summed E-state index contributed by atoms with van der Waals surface area (Å²) in [7, 11) is 0. The van der Waals surface area contributed by atoms with Crippen LogP contribution in [0, 0.1) is 0 Å². The maximum absolute atomic E-state index is 6.02. The Balaban J connectivity index is 2.22. The van der Waals surface area contributed by atoms with Crippen LogP contribution < -0.4 is 5.73 Å². The van der Waals surface area contributed by atoms with Gasteiger partial charge in [0.1, 0.15) is 0 Å². The number of hydrogen-bond donors (Lipinski definition) is 1. The van der Waals surface area contributed by atoms with Gasteiger partial charge in [0.25, 0.3) is 0 Å². The van der Waals surface area contributed by atoms with E-state index >= 15 is 0 Å². The Morgan fingerprint density at radius 2 is 2.29 bits per heavy atom. The Labute approximate surface area is 86.4 Å². The van der Waals surface area contributed by atoms with Crippen molar-refractivity contribution in [2.24, 2.45) is 0 Å². The van der Waals surface area contributed by atoms with Gasteiger partial charge in [0.05, 0.1) is 17.5 Å². The second-order valence-electron chi connectivity index (χ2n) is 3.61. The van der Waals surface area contributed by atoms with E-state index < -0.39 is 0 Å². The van der Waals surface area contributed by atoms with Crippen LogP contribution in [0.15, 0.2) is 23.0 Å². The number of furan rings is 1. The maximum atomic E-state index is 6.02. The number of anilines is 1. The zero-order valence-corrected chi connectivity index (χ0v) is 8.56. The molecule has 0 aliphatic heterocycles. The summed E-state index contributed by atoms with van der Waals surface area (Å²) in [6.45, 7) is 0. The molecule has 14 heavy (non-hydrogen) atoms. The first-order chi connectivity index (χ1) is 6.86. The predicted molar refractivity (Wildman–Crippen MR) is 58.5 cm³/mol. The van der Waals surface area contributed by atoms with Crippen LogP contribution in [0.25, 0.3) is 11.1 Å². The molecule has 2 aromatic rings. The van der Waals surface area contributed by atoms with Gasteiger partial charge in [-0.1, -0.05) is 0 Å². The molecule has 3 rings (SSSR count). The van der Waals surface area contributed by atoms with E-state index in [0.717, 1.165) is 10.6 Å². The van der Waals surface area contributed by atoms with Crippen LogP contribution in [0.4, 0.5) is 5.00 Å². The quantitative estimate of drug-likeness (QED) is 0.777. The summed E-state index contributed by atoms with van der Waals surface area (Å²) in [6, 6.07) is 1.98. The van der Waals surface area contributed by atoms with E-state index in [1.807, 2.05) is 6.07 Å². The Hall–Kier alpha value is -1.22. The number of nitrogen functional groups attached to an aromatic ring is 1. The van der Waals surface area contributed by atoms with Crippen LogP contribution in [0.1, 0.15) is 16.9 Å². The molecule has 0 saturated heterocycles. The van der Waals surface area contributed by atoms with Gasteiger partial charge in [-0.05, 0) is 30.9 Å². The van der Waals surface area contributed by atoms with Gasteiger partial charge in [-0.25, -0.2) is 0 Å². The second-order valence-corrected chi connectivity index (χ2v) is 4.75. The fourth-order valence-corrected chi connectivity index (χ4v) is 3.33. The van der Waals surface area contributed by atoms with Gasteiger partial charge in [0, 0.05) is 16.0 Å². The third-order valence-corrected chi connectivity index (χ3v) is 3.88. The van der Waals surface area contributed by atoms with Crippen molar-refractivity contribution in [1.29, 1.82) is 0 Å². The first kappa shape index (κ1) is 8.12. The lowest BCUT2D eigenvalue weighted by Gasteiger charge is -1.98. The van der Waals surface area contributed by atoms with E-state index in [1.165, 1.54) is 35.3 Å². The molecule has 0 fully saturated rings. The Morgan fingerprint density at radius 3 is 3.07 bits per heavy atom. The maximum Gasteiger partial charge on any atom is 0.0982 e. The molecule has 1 aliphatic rings. The van der Waals surface area contributed by atoms with Gasteiger partial charge >= 0.3 is 0 Å². The van der Waals surface area contributed by atoms with Gasteiger partial charge in [0.2, 0.25) is 0 Å². The van der Waals surface area contributed by atoms with Crippen molar-refractivity contribution >= 4 is 16.3 Å². The highest BCUT2D eigenvalue weighted by Gasteiger charge is 2.21. The topological polar surface area (TPSA) is 39.2 Å². The van der Waals surface area contributed by atoms with Crippen LogP contribution in [0.5, 0.6) is 0 Å². The minimum absolute atomic E-state index is 0.941. The van der Waals surface area contributed by atoms with Gasteiger partial charge in [0.15, 0.2) is 0 Å². The van der Waals surface area contributed by atoms with Crippen molar-refractivity contribution in [1.82, 2.24) is 0 Å². The standard InChI is InChI=1S/C11H11NOS/c12-11-10(7-4-5-13-6-7)8-2-1-3-9(8)14-11/h4-6H,1-3,12H2. The monoisotopic (exact) mass is 205 g/mol. The van der Waals surface area contributed by atoms with Crippen molar-refractivity contribution < 1.29 is 4.42 Å². The van der Waals surface area contributed by atoms with Crippen LogP contribution in [-0.2, 0) is 12.8 Å². The summed E-state index contributed by atoms with van der Waals surface area (Å²) in [5, 5.41) is 0.941. The molecule has 2 N–H and O–H groups in total. The molecule has 0 atom stereocenters. The summed E-state index contributed by atoms with van der Waals surface area (Å²) < 4.78 is 5.10. The fraction of sp³-hybridized carbons (Fsp3) is 0.273. The van der Waals surface area contributed by atoms with Crippen molar-refractivity contribution in [2.75, 3.05) is 5.73 Å². The highest BCUT2D eigenvalue weighted by atomic mass is 32.1. The molecule has 3 heteroatoms. The largest absolute Gasteiger partial charge is 0.472 e. The molecular weight excluding hydrogens is 194 g/mol. The third-order valence-electron chi connectivity index (χ3n) is 2.76. The Morgan fingerprint density at radius 1 is 1.36 bits per heavy atom. The van der Waals surface area contributed by atoms with Crippen molar-refractivity contribution in [3.8, 4) is 11.1 Å². The van der Waals surface area contributed by atoms with Gasteiger partial charge in [-0.15, -0.1) is 11.3 Å². The van der Waals surface area contributed by atoms with Crippen LogP contribution in [0.3, 0.4) is 0 Å². The molecule has 2 nitrogen and oxygen atoms in total. The minimum Gasteiger partial charge on any atom is -0.472 e. The zero-order chi connectivity index (χ0) is 9.54. The van der Waals surface area contributed by atoms with Gasteiger partial charge < -0.3 is 10.2 Å². The molecule has 0 aromatic carbocycles. The Kier molecular flexibility index (Phi) is 1.67. The number of rotatable bonds is 1. The Bertz CT molecular complexity index is 456. The van der Waals surface area contributed by atoms with Crippen LogP contribution in [0.2, 0.25) is 0 Å². The SMILES string of the molecule is Nc1sc2c(c1-c1ccoc1)CCC2. The summed E-state index contributed by atoms with van der Waals surface area (Å²) >= 11 is 1.74. The highest BCUT2D eigenvalue weighted by Crippen LogP contribution is 2.43. The van der Waals surface area contributed by atoms with Gasteiger partial charge in [-0.2, -0.15) is 0 Å². The first-order valence-corrected chi connectivity index (χ1v) is 5.60. The number of thiophene rings is 1. The van der Waals surface area contributed by atoms with Crippen molar-refractivity contribution in [3.05, 3.63) is 29.0 Å². The molecule has 0 saturated carbocycles. The molecule has 72 valence electrons. The summed E-state index contributed by atoms with van der Waals surface area (Å²) in [5.41, 5.74) is 9.82. The molecule has 1 aliphatic carbocycles. The lowest BCUT2D eigenvalue weighted by Crippen LogP contribution is -1.86. The first-order valence-electron chi connectivity index (χ1n) is 4.79. The molecular formula is C11H11NOS.